The van der Waals surface area contributed by atoms with Crippen LogP contribution < -0.4 is 5.73 Å². The summed E-state index contributed by atoms with van der Waals surface area (Å²) in [6.45, 7) is 4.36. The lowest BCUT2D eigenvalue weighted by molar-refractivity contribution is 0.599. The highest BCUT2D eigenvalue weighted by molar-refractivity contribution is 5.38. The number of nitrogens with zero attached hydrogens (tertiary/aromatic N) is 1. The van der Waals surface area contributed by atoms with Crippen LogP contribution in [0, 0.1) is 16.7 Å². The topological polar surface area (TPSA) is 49.8 Å². The molecule has 2 N–H and O–H groups in total. The van der Waals surface area contributed by atoms with Gasteiger partial charge in [-0.1, -0.05) is 26.0 Å². The third-order valence-corrected chi connectivity index (χ3v) is 3.31. The molecule has 0 heterocycles. The van der Waals surface area contributed by atoms with Crippen LogP contribution in [0.4, 0.5) is 0 Å². The van der Waals surface area contributed by atoms with Crippen molar-refractivity contribution in [2.75, 3.05) is 0 Å². The van der Waals surface area contributed by atoms with E-state index in [1.807, 2.05) is 24.3 Å². The SMILES string of the molecule is CC1(C)[C@H](N)[C@H]1c1ccc(C#N)cc1. The summed E-state index contributed by atoms with van der Waals surface area (Å²) in [4.78, 5) is 0. The number of hydrogen-bond donors (Lipinski definition) is 1. The molecule has 1 aromatic rings. The molecule has 2 rings (SSSR count). The molecule has 0 spiro atoms. The lowest BCUT2D eigenvalue weighted by atomic mass is 10.0. The van der Waals surface area contributed by atoms with Crippen molar-refractivity contribution in [2.45, 2.75) is 25.8 Å². The molecule has 2 heteroatoms. The van der Waals surface area contributed by atoms with E-state index in [-0.39, 0.29) is 11.5 Å². The summed E-state index contributed by atoms with van der Waals surface area (Å²) in [5.74, 6) is 0.454. The van der Waals surface area contributed by atoms with Crippen molar-refractivity contribution in [3.63, 3.8) is 0 Å². The van der Waals surface area contributed by atoms with Gasteiger partial charge in [0.1, 0.15) is 0 Å². The zero-order chi connectivity index (χ0) is 10.3. The van der Waals surface area contributed by atoms with Gasteiger partial charge in [0.25, 0.3) is 0 Å². The fourth-order valence-corrected chi connectivity index (χ4v) is 2.08. The standard InChI is InChI=1S/C12H14N2/c1-12(2)10(11(12)14)9-5-3-8(7-13)4-6-9/h3-6,10-11H,14H2,1-2H3/t10-,11-/m1/s1. The molecule has 2 atom stereocenters. The Morgan fingerprint density at radius 2 is 1.79 bits per heavy atom. The summed E-state index contributed by atoms with van der Waals surface area (Å²) >= 11 is 0. The maximum absolute atomic E-state index is 8.66. The average molecular weight is 186 g/mol. The van der Waals surface area contributed by atoms with Crippen LogP contribution in [0.25, 0.3) is 0 Å². The van der Waals surface area contributed by atoms with E-state index < -0.39 is 0 Å². The second kappa shape index (κ2) is 2.83. The summed E-state index contributed by atoms with van der Waals surface area (Å²) in [6.07, 6.45) is 0. The van der Waals surface area contributed by atoms with Crippen molar-refractivity contribution in [1.29, 1.82) is 5.26 Å². The first-order chi connectivity index (χ1) is 6.57. The normalized spacial score (nSPS) is 28.1. The first-order valence-corrected chi connectivity index (χ1v) is 4.83. The lowest BCUT2D eigenvalue weighted by Crippen LogP contribution is -2.06. The van der Waals surface area contributed by atoms with E-state index in [1.54, 1.807) is 0 Å². The van der Waals surface area contributed by atoms with Gasteiger partial charge in [0.15, 0.2) is 0 Å². The molecule has 14 heavy (non-hydrogen) atoms. The van der Waals surface area contributed by atoms with Crippen molar-refractivity contribution < 1.29 is 0 Å². The third-order valence-electron chi connectivity index (χ3n) is 3.31. The summed E-state index contributed by atoms with van der Waals surface area (Å²) in [6, 6.07) is 10.1. The van der Waals surface area contributed by atoms with Crippen LogP contribution >= 0.6 is 0 Å². The van der Waals surface area contributed by atoms with E-state index >= 15 is 0 Å². The average Bonchev–Trinajstić information content (AvgIpc) is 2.67. The summed E-state index contributed by atoms with van der Waals surface area (Å²) in [7, 11) is 0. The molecule has 0 saturated heterocycles. The zero-order valence-corrected chi connectivity index (χ0v) is 8.49. The molecule has 1 aliphatic carbocycles. The van der Waals surface area contributed by atoms with Crippen LogP contribution in [0.1, 0.15) is 30.9 Å². The number of hydrogen-bond acceptors (Lipinski definition) is 2. The third kappa shape index (κ3) is 1.21. The zero-order valence-electron chi connectivity index (χ0n) is 8.49. The number of rotatable bonds is 1. The van der Waals surface area contributed by atoms with E-state index in [1.165, 1.54) is 5.56 Å². The Labute approximate surface area is 84.3 Å². The minimum Gasteiger partial charge on any atom is -0.327 e. The summed E-state index contributed by atoms with van der Waals surface area (Å²) in [5, 5.41) is 8.66. The van der Waals surface area contributed by atoms with Crippen molar-refractivity contribution >= 4 is 0 Å². The Balaban J connectivity index is 2.25. The second-order valence-electron chi connectivity index (χ2n) is 4.56. The van der Waals surface area contributed by atoms with Crippen molar-refractivity contribution in [2.24, 2.45) is 11.1 Å². The van der Waals surface area contributed by atoms with Gasteiger partial charge in [-0.15, -0.1) is 0 Å². The van der Waals surface area contributed by atoms with E-state index in [2.05, 4.69) is 19.9 Å². The van der Waals surface area contributed by atoms with Gasteiger partial charge in [-0.3, -0.25) is 0 Å². The highest BCUT2D eigenvalue weighted by Gasteiger charge is 2.55. The van der Waals surface area contributed by atoms with Crippen LogP contribution in [-0.4, -0.2) is 6.04 Å². The van der Waals surface area contributed by atoms with Gasteiger partial charge >= 0.3 is 0 Å². The number of nitrogens with two attached hydrogens (primary N) is 1. The van der Waals surface area contributed by atoms with Gasteiger partial charge in [0.05, 0.1) is 11.6 Å². The second-order valence-corrected chi connectivity index (χ2v) is 4.56. The maximum atomic E-state index is 8.66. The molecule has 0 radical (unpaired) electrons. The monoisotopic (exact) mass is 186 g/mol. The van der Waals surface area contributed by atoms with Gasteiger partial charge in [0, 0.05) is 12.0 Å². The molecule has 1 aliphatic rings. The quantitative estimate of drug-likeness (QED) is 0.729. The van der Waals surface area contributed by atoms with Gasteiger partial charge in [-0.2, -0.15) is 5.26 Å². The van der Waals surface area contributed by atoms with E-state index in [9.17, 15) is 0 Å². The smallest absolute Gasteiger partial charge is 0.0991 e. The predicted molar refractivity (Wildman–Crippen MR) is 55.7 cm³/mol. The predicted octanol–water partition coefficient (Wildman–Crippen LogP) is 2.01. The van der Waals surface area contributed by atoms with Crippen LogP contribution in [0.15, 0.2) is 24.3 Å². The maximum Gasteiger partial charge on any atom is 0.0991 e. The molecule has 0 amide bonds. The Hall–Kier alpha value is -1.33. The van der Waals surface area contributed by atoms with E-state index in [0.717, 1.165) is 0 Å². The fraction of sp³-hybridized carbons (Fsp3) is 0.417. The lowest BCUT2D eigenvalue weighted by Gasteiger charge is -2.02. The first kappa shape index (κ1) is 9.23. The molecule has 1 fully saturated rings. The molecule has 0 unspecified atom stereocenters. The minimum atomic E-state index is 0.216. The molecule has 0 aromatic heterocycles. The molecule has 1 saturated carbocycles. The molecular formula is C12H14N2. The fourth-order valence-electron chi connectivity index (χ4n) is 2.08. The Morgan fingerprint density at radius 3 is 2.14 bits per heavy atom. The highest BCUT2D eigenvalue weighted by Crippen LogP contribution is 2.57. The molecule has 2 nitrogen and oxygen atoms in total. The largest absolute Gasteiger partial charge is 0.327 e. The van der Waals surface area contributed by atoms with Crippen LogP contribution in [0.5, 0.6) is 0 Å². The molecule has 0 aliphatic heterocycles. The number of nitriles is 1. The van der Waals surface area contributed by atoms with Crippen LogP contribution in [-0.2, 0) is 0 Å². The van der Waals surface area contributed by atoms with Gasteiger partial charge in [-0.25, -0.2) is 0 Å². The first-order valence-electron chi connectivity index (χ1n) is 4.83. The molecule has 72 valence electrons. The summed E-state index contributed by atoms with van der Waals surface area (Å²) in [5.41, 5.74) is 8.16. The van der Waals surface area contributed by atoms with E-state index in [4.69, 9.17) is 11.0 Å². The highest BCUT2D eigenvalue weighted by atomic mass is 14.8. The molecular weight excluding hydrogens is 172 g/mol. The van der Waals surface area contributed by atoms with Crippen LogP contribution in [0.3, 0.4) is 0 Å². The van der Waals surface area contributed by atoms with Crippen molar-refractivity contribution in [3.05, 3.63) is 35.4 Å². The van der Waals surface area contributed by atoms with Gasteiger partial charge in [0.2, 0.25) is 0 Å². The Morgan fingerprint density at radius 1 is 1.29 bits per heavy atom. The molecule has 0 bridgehead atoms. The summed E-state index contributed by atoms with van der Waals surface area (Å²) < 4.78 is 0. The minimum absolute atomic E-state index is 0.216. The van der Waals surface area contributed by atoms with Gasteiger partial charge < -0.3 is 5.73 Å². The molecule has 1 aromatic carbocycles. The van der Waals surface area contributed by atoms with Gasteiger partial charge in [-0.05, 0) is 23.1 Å². The van der Waals surface area contributed by atoms with Crippen molar-refractivity contribution in [3.8, 4) is 6.07 Å². The van der Waals surface area contributed by atoms with E-state index in [0.29, 0.717) is 11.5 Å². The van der Waals surface area contributed by atoms with Crippen molar-refractivity contribution in [1.82, 2.24) is 0 Å². The Bertz CT molecular complexity index is 384. The van der Waals surface area contributed by atoms with Crippen LogP contribution in [0.2, 0.25) is 0 Å². The number of benzene rings is 1. The Kier molecular flexibility index (Phi) is 1.87.